The lowest BCUT2D eigenvalue weighted by molar-refractivity contribution is -0.125. The van der Waals surface area contributed by atoms with Gasteiger partial charge in [-0.05, 0) is 23.9 Å². The number of hydrazine groups is 1. The van der Waals surface area contributed by atoms with Gasteiger partial charge in [-0.15, -0.1) is 0 Å². The van der Waals surface area contributed by atoms with E-state index in [1.54, 1.807) is 4.90 Å². The van der Waals surface area contributed by atoms with E-state index in [1.165, 1.54) is 6.08 Å². The normalized spacial score (nSPS) is 21.9. The van der Waals surface area contributed by atoms with Crippen molar-refractivity contribution in [2.75, 3.05) is 13.1 Å². The molecule has 2 aliphatic heterocycles. The Hall–Kier alpha value is -2.97. The number of likely N-dealkylation sites (tertiary alicyclic amines) is 1. The third kappa shape index (κ3) is 3.62. The highest BCUT2D eigenvalue weighted by Gasteiger charge is 2.26. The van der Waals surface area contributed by atoms with E-state index in [1.807, 2.05) is 30.3 Å². The lowest BCUT2D eigenvalue weighted by Gasteiger charge is -2.16. The quantitative estimate of drug-likeness (QED) is 0.694. The fourth-order valence-corrected chi connectivity index (χ4v) is 3.43. The molecule has 2 aliphatic rings. The molecule has 2 aromatic rings. The predicted molar refractivity (Wildman–Crippen MR) is 99.3 cm³/mol. The lowest BCUT2D eigenvalue weighted by atomic mass is 10.1. The number of benzene rings is 1. The minimum absolute atomic E-state index is 0.0240. The maximum Gasteiger partial charge on any atom is 0.330 e. The molecule has 2 fully saturated rings. The van der Waals surface area contributed by atoms with Crippen LogP contribution in [-0.4, -0.2) is 41.0 Å². The Balaban J connectivity index is 1.53. The van der Waals surface area contributed by atoms with E-state index in [-0.39, 0.29) is 18.0 Å². The summed E-state index contributed by atoms with van der Waals surface area (Å²) in [6.45, 7) is 5.10. The molecular formula is C19H21N5O3. The first-order valence-corrected chi connectivity index (χ1v) is 8.87. The summed E-state index contributed by atoms with van der Waals surface area (Å²) in [7, 11) is 0. The first-order valence-electron chi connectivity index (χ1n) is 8.87. The largest absolute Gasteiger partial charge is 0.370 e. The number of hydrogen-bond acceptors (Lipinski definition) is 5. The summed E-state index contributed by atoms with van der Waals surface area (Å²) in [6.07, 6.45) is 1.70. The van der Waals surface area contributed by atoms with E-state index in [0.717, 1.165) is 22.9 Å². The number of amides is 3. The zero-order valence-electron chi connectivity index (χ0n) is 14.8. The van der Waals surface area contributed by atoms with Gasteiger partial charge in [0.05, 0.1) is 24.1 Å². The number of rotatable bonds is 5. The van der Waals surface area contributed by atoms with Crippen LogP contribution in [0.1, 0.15) is 24.0 Å². The minimum atomic E-state index is -0.395. The standard InChI is InChI=1S/C19H21N5O3/c1-2-17(25)24-8-7-13(10-24)27-11-16-14-6-4-3-5-12(14)9-15(20-16)18-21-19(26)23-22-18/h2-6,9,13,18,22H,1,7-8,10-11H2,(H2,21,23,26)/t13-,18?/m0/s1. The van der Waals surface area contributed by atoms with Gasteiger partial charge in [-0.3, -0.25) is 15.2 Å². The summed E-state index contributed by atoms with van der Waals surface area (Å²) in [5, 5.41) is 4.80. The smallest absolute Gasteiger partial charge is 0.330 e. The van der Waals surface area contributed by atoms with E-state index in [4.69, 9.17) is 9.72 Å². The highest BCUT2D eigenvalue weighted by molar-refractivity contribution is 5.87. The molecule has 0 bridgehead atoms. The Morgan fingerprint density at radius 2 is 2.26 bits per heavy atom. The molecule has 4 rings (SSSR count). The van der Waals surface area contributed by atoms with Gasteiger partial charge in [0.1, 0.15) is 6.17 Å². The van der Waals surface area contributed by atoms with Crippen LogP contribution in [0.3, 0.4) is 0 Å². The molecule has 27 heavy (non-hydrogen) atoms. The van der Waals surface area contributed by atoms with Crippen LogP contribution in [0.5, 0.6) is 0 Å². The molecule has 2 saturated heterocycles. The third-order valence-corrected chi connectivity index (χ3v) is 4.83. The van der Waals surface area contributed by atoms with Crippen molar-refractivity contribution in [3.63, 3.8) is 0 Å². The molecule has 0 spiro atoms. The number of nitrogens with zero attached hydrogens (tertiary/aromatic N) is 2. The van der Waals surface area contributed by atoms with Crippen molar-refractivity contribution in [3.8, 4) is 0 Å². The average Bonchev–Trinajstić information content (AvgIpc) is 3.34. The maximum absolute atomic E-state index is 11.7. The molecule has 3 heterocycles. The fourth-order valence-electron chi connectivity index (χ4n) is 3.43. The van der Waals surface area contributed by atoms with Gasteiger partial charge in [0, 0.05) is 18.5 Å². The van der Waals surface area contributed by atoms with Crippen LogP contribution < -0.4 is 16.2 Å². The summed E-state index contributed by atoms with van der Waals surface area (Å²) in [5.74, 6) is -0.0674. The highest BCUT2D eigenvalue weighted by atomic mass is 16.5. The Labute approximate surface area is 156 Å². The predicted octanol–water partition coefficient (Wildman–Crippen LogP) is 1.35. The van der Waals surface area contributed by atoms with Crippen LogP contribution in [0.4, 0.5) is 4.79 Å². The number of ether oxygens (including phenoxy) is 1. The Morgan fingerprint density at radius 3 is 3.04 bits per heavy atom. The van der Waals surface area contributed by atoms with Crippen LogP contribution in [0, 0.1) is 0 Å². The van der Waals surface area contributed by atoms with Gasteiger partial charge in [0.2, 0.25) is 5.91 Å². The third-order valence-electron chi connectivity index (χ3n) is 4.83. The second-order valence-electron chi connectivity index (χ2n) is 6.60. The summed E-state index contributed by atoms with van der Waals surface area (Å²) in [5.41, 5.74) is 6.90. The van der Waals surface area contributed by atoms with Crippen molar-refractivity contribution in [2.24, 2.45) is 0 Å². The molecule has 0 aliphatic carbocycles. The number of pyridine rings is 1. The molecule has 1 unspecified atom stereocenters. The van der Waals surface area contributed by atoms with Gasteiger partial charge in [0.25, 0.3) is 0 Å². The first kappa shape index (κ1) is 17.4. The van der Waals surface area contributed by atoms with Gasteiger partial charge in [-0.2, -0.15) is 0 Å². The number of fused-ring (bicyclic) bond motifs is 1. The summed E-state index contributed by atoms with van der Waals surface area (Å²) >= 11 is 0. The van der Waals surface area contributed by atoms with Crippen molar-refractivity contribution in [2.45, 2.75) is 25.3 Å². The molecule has 8 heteroatoms. The molecule has 1 aromatic heterocycles. The van der Waals surface area contributed by atoms with Gasteiger partial charge in [0.15, 0.2) is 0 Å². The number of urea groups is 1. The molecular weight excluding hydrogens is 346 g/mol. The number of hydrogen-bond donors (Lipinski definition) is 3. The van der Waals surface area contributed by atoms with Gasteiger partial charge in [-0.25, -0.2) is 10.2 Å². The maximum atomic E-state index is 11.7. The van der Waals surface area contributed by atoms with Crippen LogP contribution in [-0.2, 0) is 16.1 Å². The highest BCUT2D eigenvalue weighted by Crippen LogP contribution is 2.23. The fraction of sp³-hybridized carbons (Fsp3) is 0.316. The van der Waals surface area contributed by atoms with Gasteiger partial charge < -0.3 is 15.0 Å². The van der Waals surface area contributed by atoms with E-state index in [2.05, 4.69) is 22.7 Å². The molecule has 3 N–H and O–H groups in total. The SMILES string of the molecule is C=CC(=O)N1CC[C@H](OCc2nc(C3NNC(=O)N3)cc3ccccc23)C1. The minimum Gasteiger partial charge on any atom is -0.370 e. The molecule has 3 amide bonds. The Kier molecular flexibility index (Phi) is 4.74. The molecule has 140 valence electrons. The molecule has 8 nitrogen and oxygen atoms in total. The second kappa shape index (κ2) is 7.34. The van der Waals surface area contributed by atoms with Crippen molar-refractivity contribution in [1.29, 1.82) is 0 Å². The van der Waals surface area contributed by atoms with Crippen molar-refractivity contribution < 1.29 is 14.3 Å². The van der Waals surface area contributed by atoms with Crippen molar-refractivity contribution in [1.82, 2.24) is 26.1 Å². The second-order valence-corrected chi connectivity index (χ2v) is 6.60. The van der Waals surface area contributed by atoms with Crippen molar-refractivity contribution >= 4 is 22.7 Å². The van der Waals surface area contributed by atoms with Gasteiger partial charge >= 0.3 is 6.03 Å². The van der Waals surface area contributed by atoms with E-state index in [9.17, 15) is 9.59 Å². The zero-order valence-corrected chi connectivity index (χ0v) is 14.8. The number of nitrogens with one attached hydrogen (secondary N) is 3. The summed E-state index contributed by atoms with van der Waals surface area (Å²) in [6, 6.07) is 9.60. The molecule has 1 aromatic carbocycles. The Bertz CT molecular complexity index is 900. The summed E-state index contributed by atoms with van der Waals surface area (Å²) in [4.78, 5) is 29.6. The first-order chi connectivity index (χ1) is 13.1. The number of carbonyl (C=O) groups is 2. The summed E-state index contributed by atoms with van der Waals surface area (Å²) < 4.78 is 6.05. The van der Waals surface area contributed by atoms with E-state index >= 15 is 0 Å². The Morgan fingerprint density at radius 1 is 1.41 bits per heavy atom. The lowest BCUT2D eigenvalue weighted by Crippen LogP contribution is -2.28. The average molecular weight is 367 g/mol. The molecule has 0 radical (unpaired) electrons. The van der Waals surface area contributed by atoms with E-state index in [0.29, 0.717) is 25.4 Å². The van der Waals surface area contributed by atoms with Crippen LogP contribution in [0.25, 0.3) is 10.8 Å². The zero-order chi connectivity index (χ0) is 18.8. The van der Waals surface area contributed by atoms with Gasteiger partial charge in [-0.1, -0.05) is 30.8 Å². The van der Waals surface area contributed by atoms with Crippen LogP contribution in [0.2, 0.25) is 0 Å². The topological polar surface area (TPSA) is 95.6 Å². The van der Waals surface area contributed by atoms with Crippen LogP contribution in [0.15, 0.2) is 43.0 Å². The molecule has 0 saturated carbocycles. The molecule has 2 atom stereocenters. The van der Waals surface area contributed by atoms with E-state index < -0.39 is 6.17 Å². The van der Waals surface area contributed by atoms with Crippen molar-refractivity contribution in [3.05, 3.63) is 54.4 Å². The number of aromatic nitrogens is 1. The van der Waals surface area contributed by atoms with Crippen LogP contribution >= 0.6 is 0 Å². The monoisotopic (exact) mass is 367 g/mol. The number of carbonyl (C=O) groups excluding carboxylic acids is 2.